The van der Waals surface area contributed by atoms with E-state index in [9.17, 15) is 4.79 Å². The fourth-order valence-electron chi connectivity index (χ4n) is 2.95. The van der Waals surface area contributed by atoms with E-state index in [4.69, 9.17) is 15.2 Å². The molecule has 0 bridgehead atoms. The van der Waals surface area contributed by atoms with E-state index in [2.05, 4.69) is 0 Å². The molecule has 2 aromatic carbocycles. The first-order valence-electron chi connectivity index (χ1n) is 7.73. The van der Waals surface area contributed by atoms with Gasteiger partial charge in [0.25, 0.3) is 0 Å². The fourth-order valence-corrected chi connectivity index (χ4v) is 2.95. The molecule has 23 heavy (non-hydrogen) atoms. The number of methoxy groups -OCH3 is 1. The van der Waals surface area contributed by atoms with Gasteiger partial charge < -0.3 is 15.2 Å². The van der Waals surface area contributed by atoms with Gasteiger partial charge in [0, 0.05) is 11.1 Å². The van der Waals surface area contributed by atoms with Crippen LogP contribution in [0.4, 0.5) is 0 Å². The first kappa shape index (κ1) is 15.6. The van der Waals surface area contributed by atoms with Crippen LogP contribution in [0.15, 0.2) is 42.5 Å². The summed E-state index contributed by atoms with van der Waals surface area (Å²) in [5.74, 6) is 1.26. The normalized spacial score (nSPS) is 20.0. The van der Waals surface area contributed by atoms with Gasteiger partial charge in [-0.05, 0) is 37.5 Å². The SMILES string of the molecule is COc1c(OCc2ccccc2)ccc2c1CCC(C)(N)C2=O. The standard InChI is InChI=1S/C19H21NO3/c1-19(20)11-10-14-15(18(19)21)8-9-16(17(14)22-2)23-12-13-6-4-3-5-7-13/h3-9H,10-12,20H2,1-2H3. The summed E-state index contributed by atoms with van der Waals surface area (Å²) in [5, 5.41) is 0. The minimum Gasteiger partial charge on any atom is -0.493 e. The van der Waals surface area contributed by atoms with Crippen molar-refractivity contribution in [2.24, 2.45) is 5.73 Å². The van der Waals surface area contributed by atoms with Crippen LogP contribution in [0.1, 0.15) is 34.8 Å². The van der Waals surface area contributed by atoms with Crippen molar-refractivity contribution in [3.8, 4) is 11.5 Å². The number of ketones is 1. The van der Waals surface area contributed by atoms with Crippen molar-refractivity contribution < 1.29 is 14.3 Å². The molecule has 0 radical (unpaired) electrons. The van der Waals surface area contributed by atoms with Crippen molar-refractivity contribution in [3.63, 3.8) is 0 Å². The van der Waals surface area contributed by atoms with E-state index < -0.39 is 5.54 Å². The quantitative estimate of drug-likeness (QED) is 0.942. The molecule has 1 atom stereocenters. The van der Waals surface area contributed by atoms with E-state index in [0.717, 1.165) is 11.1 Å². The van der Waals surface area contributed by atoms with E-state index >= 15 is 0 Å². The first-order chi connectivity index (χ1) is 11.0. The number of hydrogen-bond donors (Lipinski definition) is 1. The molecule has 4 nitrogen and oxygen atoms in total. The maximum absolute atomic E-state index is 12.5. The van der Waals surface area contributed by atoms with Crippen molar-refractivity contribution in [3.05, 3.63) is 59.2 Å². The number of carbonyl (C=O) groups is 1. The van der Waals surface area contributed by atoms with Gasteiger partial charge in [-0.3, -0.25) is 4.79 Å². The molecule has 2 aromatic rings. The number of benzene rings is 2. The van der Waals surface area contributed by atoms with Gasteiger partial charge in [0.15, 0.2) is 17.3 Å². The van der Waals surface area contributed by atoms with E-state index in [1.165, 1.54) is 0 Å². The van der Waals surface area contributed by atoms with E-state index in [1.807, 2.05) is 30.3 Å². The Morgan fingerprint density at radius 3 is 2.61 bits per heavy atom. The Balaban J connectivity index is 1.90. The molecule has 0 saturated heterocycles. The lowest BCUT2D eigenvalue weighted by Gasteiger charge is -2.30. The number of ether oxygens (including phenoxy) is 2. The Kier molecular flexibility index (Phi) is 4.09. The lowest BCUT2D eigenvalue weighted by Crippen LogP contribution is -2.48. The molecule has 0 amide bonds. The molecule has 4 heteroatoms. The van der Waals surface area contributed by atoms with Gasteiger partial charge in [0.2, 0.25) is 0 Å². The summed E-state index contributed by atoms with van der Waals surface area (Å²) in [4.78, 5) is 12.5. The van der Waals surface area contributed by atoms with E-state index in [1.54, 1.807) is 26.2 Å². The maximum Gasteiger partial charge on any atom is 0.182 e. The van der Waals surface area contributed by atoms with Crippen molar-refractivity contribution in [1.29, 1.82) is 0 Å². The largest absolute Gasteiger partial charge is 0.493 e. The number of fused-ring (bicyclic) bond motifs is 1. The molecule has 1 unspecified atom stereocenters. The molecule has 0 heterocycles. The molecule has 1 aliphatic carbocycles. The Hall–Kier alpha value is -2.33. The summed E-state index contributed by atoms with van der Waals surface area (Å²) < 4.78 is 11.4. The van der Waals surface area contributed by atoms with Crippen LogP contribution in [0.3, 0.4) is 0 Å². The summed E-state index contributed by atoms with van der Waals surface area (Å²) in [7, 11) is 1.60. The van der Waals surface area contributed by atoms with Crippen LogP contribution < -0.4 is 15.2 Å². The maximum atomic E-state index is 12.5. The van der Waals surface area contributed by atoms with E-state index in [-0.39, 0.29) is 5.78 Å². The molecule has 0 aliphatic heterocycles. The molecule has 0 spiro atoms. The third-order valence-corrected chi connectivity index (χ3v) is 4.32. The second-order valence-electron chi connectivity index (χ2n) is 6.14. The lowest BCUT2D eigenvalue weighted by molar-refractivity contribution is 0.0880. The van der Waals surface area contributed by atoms with Crippen molar-refractivity contribution in [2.75, 3.05) is 7.11 Å². The van der Waals surface area contributed by atoms with Gasteiger partial charge in [-0.2, -0.15) is 0 Å². The highest BCUT2D eigenvalue weighted by Crippen LogP contribution is 2.39. The minimum atomic E-state index is -0.801. The highest BCUT2D eigenvalue weighted by atomic mass is 16.5. The van der Waals surface area contributed by atoms with Crippen molar-refractivity contribution in [2.45, 2.75) is 31.9 Å². The van der Waals surface area contributed by atoms with Gasteiger partial charge in [-0.25, -0.2) is 0 Å². The first-order valence-corrected chi connectivity index (χ1v) is 7.73. The predicted molar refractivity (Wildman–Crippen MR) is 89.0 cm³/mol. The third-order valence-electron chi connectivity index (χ3n) is 4.32. The highest BCUT2D eigenvalue weighted by Gasteiger charge is 2.36. The van der Waals surface area contributed by atoms with Crippen LogP contribution in [0.5, 0.6) is 11.5 Å². The van der Waals surface area contributed by atoms with Gasteiger partial charge in [-0.1, -0.05) is 30.3 Å². The molecule has 1 aliphatic rings. The summed E-state index contributed by atoms with van der Waals surface area (Å²) in [6.45, 7) is 2.24. The monoisotopic (exact) mass is 311 g/mol. The number of carbonyl (C=O) groups excluding carboxylic acids is 1. The highest BCUT2D eigenvalue weighted by molar-refractivity contribution is 6.05. The topological polar surface area (TPSA) is 61.6 Å². The molecular weight excluding hydrogens is 290 g/mol. The molecule has 0 aromatic heterocycles. The van der Waals surface area contributed by atoms with Crippen LogP contribution in [-0.4, -0.2) is 18.4 Å². The van der Waals surface area contributed by atoms with Gasteiger partial charge >= 0.3 is 0 Å². The average Bonchev–Trinajstić information content (AvgIpc) is 2.57. The average molecular weight is 311 g/mol. The predicted octanol–water partition coefficient (Wildman–Crippen LogP) is 3.12. The summed E-state index contributed by atoms with van der Waals surface area (Å²) in [5.41, 5.74) is 7.90. The Bertz CT molecular complexity index is 723. The van der Waals surface area contributed by atoms with Crippen molar-refractivity contribution >= 4 is 5.78 Å². The fraction of sp³-hybridized carbons (Fsp3) is 0.316. The number of nitrogens with two attached hydrogens (primary N) is 1. The second-order valence-corrected chi connectivity index (χ2v) is 6.14. The smallest absolute Gasteiger partial charge is 0.182 e. The van der Waals surface area contributed by atoms with Crippen LogP contribution in [0.25, 0.3) is 0 Å². The van der Waals surface area contributed by atoms with Crippen LogP contribution >= 0.6 is 0 Å². The summed E-state index contributed by atoms with van der Waals surface area (Å²) in [6, 6.07) is 13.5. The van der Waals surface area contributed by atoms with Crippen LogP contribution in [0, 0.1) is 0 Å². The van der Waals surface area contributed by atoms with Gasteiger partial charge in [-0.15, -0.1) is 0 Å². The van der Waals surface area contributed by atoms with Crippen molar-refractivity contribution in [1.82, 2.24) is 0 Å². The Morgan fingerprint density at radius 1 is 1.17 bits per heavy atom. The molecule has 0 fully saturated rings. The number of rotatable bonds is 4. The van der Waals surface area contributed by atoms with Gasteiger partial charge in [0.1, 0.15) is 6.61 Å². The zero-order valence-corrected chi connectivity index (χ0v) is 13.5. The summed E-state index contributed by atoms with van der Waals surface area (Å²) >= 11 is 0. The minimum absolute atomic E-state index is 0.0355. The molecular formula is C19H21NO3. The summed E-state index contributed by atoms with van der Waals surface area (Å²) in [6.07, 6.45) is 1.32. The van der Waals surface area contributed by atoms with Gasteiger partial charge in [0.05, 0.1) is 12.6 Å². The zero-order chi connectivity index (χ0) is 16.4. The van der Waals surface area contributed by atoms with Crippen LogP contribution in [0.2, 0.25) is 0 Å². The number of Topliss-reactive ketones (excluding diaryl/α,β-unsaturated/α-hetero) is 1. The Labute approximate surface area is 136 Å². The molecule has 3 rings (SSSR count). The zero-order valence-electron chi connectivity index (χ0n) is 13.5. The lowest BCUT2D eigenvalue weighted by atomic mass is 9.78. The molecule has 0 saturated carbocycles. The van der Waals surface area contributed by atoms with E-state index in [0.29, 0.717) is 36.5 Å². The molecule has 2 N–H and O–H groups in total. The molecule has 120 valence electrons. The van der Waals surface area contributed by atoms with Crippen LogP contribution in [-0.2, 0) is 13.0 Å². The number of hydrogen-bond acceptors (Lipinski definition) is 4. The Morgan fingerprint density at radius 2 is 1.91 bits per heavy atom. The third kappa shape index (κ3) is 2.94. The second kappa shape index (κ2) is 6.05.